The van der Waals surface area contributed by atoms with E-state index < -0.39 is 14.5 Å². The van der Waals surface area contributed by atoms with Gasteiger partial charge in [-0.05, 0) is 6.92 Å². The average Bonchev–Trinajstić information content (AvgIpc) is 1.62. The van der Waals surface area contributed by atoms with E-state index >= 15 is 0 Å². The maximum atomic E-state index is 9.92. The first-order valence-corrected chi connectivity index (χ1v) is 3.59. The Balaban J connectivity index is 4.55. The molecule has 0 aliphatic heterocycles. The van der Waals surface area contributed by atoms with Crippen molar-refractivity contribution in [1.29, 1.82) is 0 Å². The molecule has 3 nitrogen and oxygen atoms in total. The predicted molar refractivity (Wildman–Crippen MR) is 31.2 cm³/mol. The van der Waals surface area contributed by atoms with Crippen LogP contribution in [0, 0.1) is 0 Å². The van der Waals surface area contributed by atoms with Crippen molar-refractivity contribution in [1.82, 2.24) is 0 Å². The standard InChI is InChI=1S/C3H5ClO3S/c1-2-3(4)8(5,6)7/h2H,1H3,(H,5,6,7). The number of hydrogen-bond acceptors (Lipinski definition) is 2. The first kappa shape index (κ1) is 7.94. The Hall–Kier alpha value is -0.0600. The summed E-state index contributed by atoms with van der Waals surface area (Å²) < 4.78 is 27.3. The molecule has 0 aliphatic carbocycles. The van der Waals surface area contributed by atoms with Gasteiger partial charge in [-0.2, -0.15) is 8.42 Å². The van der Waals surface area contributed by atoms with Gasteiger partial charge in [0.1, 0.15) is 0 Å². The van der Waals surface area contributed by atoms with Gasteiger partial charge in [0.15, 0.2) is 4.36 Å². The van der Waals surface area contributed by atoms with Crippen molar-refractivity contribution in [3.63, 3.8) is 0 Å². The summed E-state index contributed by atoms with van der Waals surface area (Å²) in [5, 5.41) is 0. The van der Waals surface area contributed by atoms with Crippen LogP contribution in [-0.2, 0) is 10.1 Å². The fourth-order valence-electron chi connectivity index (χ4n) is 0.149. The monoisotopic (exact) mass is 156 g/mol. The van der Waals surface area contributed by atoms with Gasteiger partial charge in [-0.15, -0.1) is 0 Å². The van der Waals surface area contributed by atoms with Gasteiger partial charge in [-0.3, -0.25) is 4.55 Å². The summed E-state index contributed by atoms with van der Waals surface area (Å²) in [4.78, 5) is 0. The van der Waals surface area contributed by atoms with Crippen LogP contribution in [-0.4, -0.2) is 13.0 Å². The molecule has 0 atom stereocenters. The van der Waals surface area contributed by atoms with E-state index in [1.165, 1.54) is 6.92 Å². The predicted octanol–water partition coefficient (Wildman–Crippen LogP) is 0.974. The van der Waals surface area contributed by atoms with Crippen LogP contribution in [0.15, 0.2) is 10.4 Å². The molecule has 0 saturated carbocycles. The third-order valence-electron chi connectivity index (χ3n) is 0.473. The molecule has 0 aromatic heterocycles. The number of halogens is 1. The molecule has 0 saturated heterocycles. The SMILES string of the molecule is CC=C(Cl)S(=O)(=O)O. The second-order valence-electron chi connectivity index (χ2n) is 1.07. The lowest BCUT2D eigenvalue weighted by molar-refractivity contribution is 0.493. The summed E-state index contributed by atoms with van der Waals surface area (Å²) in [5.41, 5.74) is 0. The third-order valence-corrected chi connectivity index (χ3v) is 2.01. The molecule has 0 amide bonds. The molecule has 0 aromatic carbocycles. The van der Waals surface area contributed by atoms with Crippen LogP contribution in [0.2, 0.25) is 0 Å². The molecule has 0 spiro atoms. The van der Waals surface area contributed by atoms with Gasteiger partial charge in [-0.1, -0.05) is 17.7 Å². The first-order valence-electron chi connectivity index (χ1n) is 1.78. The highest BCUT2D eigenvalue weighted by Gasteiger charge is 2.06. The van der Waals surface area contributed by atoms with E-state index in [2.05, 4.69) is 0 Å². The van der Waals surface area contributed by atoms with E-state index in [1.54, 1.807) is 0 Å². The summed E-state index contributed by atoms with van der Waals surface area (Å²) in [6.07, 6.45) is 1.09. The van der Waals surface area contributed by atoms with E-state index in [0.717, 1.165) is 6.08 Å². The van der Waals surface area contributed by atoms with Crippen LogP contribution in [0.5, 0.6) is 0 Å². The maximum Gasteiger partial charge on any atom is 0.305 e. The molecule has 48 valence electrons. The Labute approximate surface area is 52.7 Å². The van der Waals surface area contributed by atoms with E-state index in [-0.39, 0.29) is 0 Å². The van der Waals surface area contributed by atoms with Crippen molar-refractivity contribution in [2.45, 2.75) is 6.92 Å². The van der Waals surface area contributed by atoms with Gasteiger partial charge in [0.25, 0.3) is 0 Å². The fourth-order valence-corrected chi connectivity index (χ4v) is 0.447. The second-order valence-corrected chi connectivity index (χ2v) is 3.09. The maximum absolute atomic E-state index is 9.92. The topological polar surface area (TPSA) is 54.4 Å². The quantitative estimate of drug-likeness (QED) is 0.576. The molecule has 1 N–H and O–H groups in total. The minimum absolute atomic E-state index is 0.544. The minimum atomic E-state index is -4.13. The van der Waals surface area contributed by atoms with E-state index in [0.29, 0.717) is 0 Å². The Bertz CT molecular complexity index is 191. The van der Waals surface area contributed by atoms with Crippen LogP contribution in [0.25, 0.3) is 0 Å². The normalized spacial score (nSPS) is 14.1. The summed E-state index contributed by atoms with van der Waals surface area (Å²) in [5.74, 6) is 0. The smallest absolute Gasteiger partial charge is 0.281 e. The van der Waals surface area contributed by atoms with Crippen molar-refractivity contribution in [2.75, 3.05) is 0 Å². The molecule has 8 heavy (non-hydrogen) atoms. The highest BCUT2D eigenvalue weighted by atomic mass is 35.5. The number of allylic oxidation sites excluding steroid dienone is 1. The van der Waals surface area contributed by atoms with Crippen molar-refractivity contribution in [3.8, 4) is 0 Å². The number of rotatable bonds is 1. The highest BCUT2D eigenvalue weighted by molar-refractivity contribution is 7.91. The van der Waals surface area contributed by atoms with Crippen molar-refractivity contribution >= 4 is 21.7 Å². The molecule has 0 rings (SSSR count). The number of hydrogen-bond donors (Lipinski definition) is 1. The molecule has 0 unspecified atom stereocenters. The van der Waals surface area contributed by atoms with E-state index in [1.807, 2.05) is 0 Å². The van der Waals surface area contributed by atoms with Crippen molar-refractivity contribution < 1.29 is 13.0 Å². The molecular formula is C3H5ClO3S. The molecule has 0 bridgehead atoms. The van der Waals surface area contributed by atoms with Crippen LogP contribution >= 0.6 is 11.6 Å². The molecule has 0 radical (unpaired) electrons. The van der Waals surface area contributed by atoms with Gasteiger partial charge >= 0.3 is 10.1 Å². The Morgan fingerprint density at radius 1 is 1.75 bits per heavy atom. The van der Waals surface area contributed by atoms with Crippen LogP contribution in [0.3, 0.4) is 0 Å². The van der Waals surface area contributed by atoms with Crippen molar-refractivity contribution in [3.05, 3.63) is 10.4 Å². The lowest BCUT2D eigenvalue weighted by Crippen LogP contribution is -1.94. The minimum Gasteiger partial charge on any atom is -0.281 e. The largest absolute Gasteiger partial charge is 0.305 e. The van der Waals surface area contributed by atoms with E-state index in [4.69, 9.17) is 16.2 Å². The highest BCUT2D eigenvalue weighted by Crippen LogP contribution is 2.07. The molecule has 0 fully saturated rings. The molecule has 0 heterocycles. The second kappa shape index (κ2) is 2.48. The molecule has 0 aromatic rings. The lowest BCUT2D eigenvalue weighted by Gasteiger charge is -1.86. The van der Waals surface area contributed by atoms with Gasteiger partial charge in [0, 0.05) is 0 Å². The van der Waals surface area contributed by atoms with Gasteiger partial charge in [0.2, 0.25) is 0 Å². The van der Waals surface area contributed by atoms with Crippen LogP contribution in [0.1, 0.15) is 6.92 Å². The van der Waals surface area contributed by atoms with Gasteiger partial charge < -0.3 is 0 Å². The Morgan fingerprint density at radius 2 is 2.12 bits per heavy atom. The van der Waals surface area contributed by atoms with Gasteiger partial charge in [-0.25, -0.2) is 0 Å². The third kappa shape index (κ3) is 2.30. The molecule has 5 heteroatoms. The summed E-state index contributed by atoms with van der Waals surface area (Å²) in [6, 6.07) is 0. The van der Waals surface area contributed by atoms with E-state index in [9.17, 15) is 8.42 Å². The van der Waals surface area contributed by atoms with Crippen LogP contribution < -0.4 is 0 Å². The fraction of sp³-hybridized carbons (Fsp3) is 0.333. The first-order chi connectivity index (χ1) is 3.48. The van der Waals surface area contributed by atoms with Crippen molar-refractivity contribution in [2.24, 2.45) is 0 Å². The zero-order valence-electron chi connectivity index (χ0n) is 4.13. The molecule has 0 aliphatic rings. The molecular weight excluding hydrogens is 152 g/mol. The Morgan fingerprint density at radius 3 is 2.12 bits per heavy atom. The zero-order valence-corrected chi connectivity index (χ0v) is 5.70. The summed E-state index contributed by atoms with van der Waals surface area (Å²) in [6.45, 7) is 1.41. The average molecular weight is 157 g/mol. The lowest BCUT2D eigenvalue weighted by atomic mass is 10.8. The summed E-state index contributed by atoms with van der Waals surface area (Å²) >= 11 is 4.96. The van der Waals surface area contributed by atoms with Crippen LogP contribution in [0.4, 0.5) is 0 Å². The Kier molecular flexibility index (Phi) is 2.46. The summed E-state index contributed by atoms with van der Waals surface area (Å²) in [7, 11) is -4.13. The zero-order chi connectivity index (χ0) is 6.78. The van der Waals surface area contributed by atoms with Gasteiger partial charge in [0.05, 0.1) is 0 Å².